The Balaban J connectivity index is 1.45. The second-order valence-electron chi connectivity index (χ2n) is 6.48. The molecule has 1 saturated heterocycles. The SMILES string of the molecule is CS(=O)(=O)CCNC1CCCN(Cc2noc(C3CC3)n2)C1. The quantitative estimate of drug-likeness (QED) is 0.781. The molecule has 3 rings (SSSR count). The summed E-state index contributed by atoms with van der Waals surface area (Å²) in [6.07, 6.45) is 5.79. The van der Waals surface area contributed by atoms with E-state index in [0.717, 1.165) is 50.5 Å². The molecule has 8 heteroatoms. The number of rotatable bonds is 7. The largest absolute Gasteiger partial charge is 0.339 e. The van der Waals surface area contributed by atoms with E-state index >= 15 is 0 Å². The zero-order chi connectivity index (χ0) is 15.6. The van der Waals surface area contributed by atoms with Gasteiger partial charge >= 0.3 is 0 Å². The molecule has 1 N–H and O–H groups in total. The summed E-state index contributed by atoms with van der Waals surface area (Å²) in [6, 6.07) is 0.338. The number of sulfone groups is 1. The van der Waals surface area contributed by atoms with Gasteiger partial charge < -0.3 is 9.84 Å². The van der Waals surface area contributed by atoms with Gasteiger partial charge in [-0.2, -0.15) is 4.98 Å². The lowest BCUT2D eigenvalue weighted by Crippen LogP contribution is -2.46. The van der Waals surface area contributed by atoms with Crippen LogP contribution in [0.5, 0.6) is 0 Å². The molecule has 2 aliphatic rings. The van der Waals surface area contributed by atoms with Crippen LogP contribution in [-0.4, -0.2) is 61.1 Å². The first-order chi connectivity index (χ1) is 10.5. The van der Waals surface area contributed by atoms with Gasteiger partial charge in [0.1, 0.15) is 9.84 Å². The minimum absolute atomic E-state index is 0.194. The van der Waals surface area contributed by atoms with Crippen LogP contribution in [0, 0.1) is 0 Å². The minimum atomic E-state index is -2.90. The normalized spacial score (nSPS) is 23.8. The fourth-order valence-corrected chi connectivity index (χ4v) is 3.33. The van der Waals surface area contributed by atoms with E-state index in [4.69, 9.17) is 4.52 Å². The van der Waals surface area contributed by atoms with E-state index in [0.29, 0.717) is 25.0 Å². The van der Waals surface area contributed by atoms with Crippen molar-refractivity contribution >= 4 is 9.84 Å². The summed E-state index contributed by atoms with van der Waals surface area (Å²) < 4.78 is 27.6. The number of likely N-dealkylation sites (tertiary alicyclic amines) is 1. The third-order valence-corrected chi connectivity index (χ3v) is 5.13. The van der Waals surface area contributed by atoms with Gasteiger partial charge in [-0.3, -0.25) is 4.90 Å². The van der Waals surface area contributed by atoms with Crippen LogP contribution in [0.2, 0.25) is 0 Å². The highest BCUT2D eigenvalue weighted by Crippen LogP contribution is 2.38. The second-order valence-corrected chi connectivity index (χ2v) is 8.74. The van der Waals surface area contributed by atoms with Crippen molar-refractivity contribution in [2.75, 3.05) is 31.6 Å². The number of nitrogens with zero attached hydrogens (tertiary/aromatic N) is 3. The van der Waals surface area contributed by atoms with Gasteiger partial charge in [-0.15, -0.1) is 0 Å². The van der Waals surface area contributed by atoms with E-state index in [1.54, 1.807) is 0 Å². The summed E-state index contributed by atoms with van der Waals surface area (Å²) in [5.74, 6) is 2.24. The Morgan fingerprint density at radius 3 is 2.91 bits per heavy atom. The lowest BCUT2D eigenvalue weighted by molar-refractivity contribution is 0.179. The molecule has 0 amide bonds. The summed E-state index contributed by atoms with van der Waals surface area (Å²) in [7, 11) is -2.90. The lowest BCUT2D eigenvalue weighted by atomic mass is 10.1. The Bertz CT molecular complexity index is 597. The Labute approximate surface area is 131 Å². The standard InChI is InChI=1S/C14H24N4O3S/c1-22(19,20)8-6-15-12-3-2-7-18(9-12)10-13-16-14(21-17-13)11-4-5-11/h11-12,15H,2-10H2,1H3. The molecule has 0 spiro atoms. The second kappa shape index (κ2) is 6.64. The average Bonchev–Trinajstić information content (AvgIpc) is 3.19. The summed E-state index contributed by atoms with van der Waals surface area (Å²) in [5.41, 5.74) is 0. The van der Waals surface area contributed by atoms with E-state index in [-0.39, 0.29) is 5.75 Å². The van der Waals surface area contributed by atoms with Gasteiger partial charge in [0.25, 0.3) is 0 Å². The van der Waals surface area contributed by atoms with Crippen molar-refractivity contribution in [3.63, 3.8) is 0 Å². The first-order valence-corrected chi connectivity index (χ1v) is 10.0. The molecule has 1 unspecified atom stereocenters. The minimum Gasteiger partial charge on any atom is -0.339 e. The molecule has 1 saturated carbocycles. The predicted octanol–water partition coefficient (Wildman–Crippen LogP) is 0.546. The first kappa shape index (κ1) is 15.9. The molecule has 124 valence electrons. The van der Waals surface area contributed by atoms with Crippen LogP contribution >= 0.6 is 0 Å². The molecule has 0 aromatic carbocycles. The van der Waals surface area contributed by atoms with Gasteiger partial charge in [-0.25, -0.2) is 8.42 Å². The highest BCUT2D eigenvalue weighted by molar-refractivity contribution is 7.90. The molecular formula is C14H24N4O3S. The van der Waals surface area contributed by atoms with Crippen molar-refractivity contribution in [3.8, 4) is 0 Å². The molecule has 22 heavy (non-hydrogen) atoms. The maximum Gasteiger partial charge on any atom is 0.229 e. The van der Waals surface area contributed by atoms with Crippen LogP contribution in [0.1, 0.15) is 43.3 Å². The van der Waals surface area contributed by atoms with Crippen molar-refractivity contribution in [1.82, 2.24) is 20.4 Å². The van der Waals surface area contributed by atoms with E-state index in [2.05, 4.69) is 20.4 Å². The fourth-order valence-electron chi connectivity index (χ4n) is 2.84. The van der Waals surface area contributed by atoms with Crippen LogP contribution in [0.4, 0.5) is 0 Å². The maximum absolute atomic E-state index is 11.2. The van der Waals surface area contributed by atoms with E-state index < -0.39 is 9.84 Å². The number of piperidine rings is 1. The predicted molar refractivity (Wildman–Crippen MR) is 82.3 cm³/mol. The first-order valence-electron chi connectivity index (χ1n) is 7.95. The van der Waals surface area contributed by atoms with Gasteiger partial charge in [-0.05, 0) is 32.2 Å². The maximum atomic E-state index is 11.2. The number of aromatic nitrogens is 2. The van der Waals surface area contributed by atoms with E-state index in [1.165, 1.54) is 6.26 Å². The molecule has 2 heterocycles. The molecule has 1 aliphatic heterocycles. The Morgan fingerprint density at radius 2 is 2.18 bits per heavy atom. The molecule has 1 aromatic heterocycles. The molecule has 1 atom stereocenters. The average molecular weight is 328 g/mol. The number of hydrogen-bond acceptors (Lipinski definition) is 7. The molecule has 2 fully saturated rings. The third-order valence-electron chi connectivity index (χ3n) is 4.19. The van der Waals surface area contributed by atoms with Gasteiger partial charge in [-0.1, -0.05) is 5.16 Å². The van der Waals surface area contributed by atoms with Crippen LogP contribution in [0.25, 0.3) is 0 Å². The molecule has 0 radical (unpaired) electrons. The smallest absolute Gasteiger partial charge is 0.229 e. The van der Waals surface area contributed by atoms with Gasteiger partial charge in [0.05, 0.1) is 12.3 Å². The zero-order valence-electron chi connectivity index (χ0n) is 13.0. The van der Waals surface area contributed by atoms with E-state index in [1.807, 2.05) is 0 Å². The van der Waals surface area contributed by atoms with E-state index in [9.17, 15) is 8.42 Å². The van der Waals surface area contributed by atoms with Crippen molar-refractivity contribution in [1.29, 1.82) is 0 Å². The topological polar surface area (TPSA) is 88.3 Å². The Morgan fingerprint density at radius 1 is 1.36 bits per heavy atom. The van der Waals surface area contributed by atoms with Gasteiger partial charge in [0.15, 0.2) is 5.82 Å². The Kier molecular flexibility index (Phi) is 4.79. The lowest BCUT2D eigenvalue weighted by Gasteiger charge is -2.32. The van der Waals surface area contributed by atoms with Crippen LogP contribution in [0.3, 0.4) is 0 Å². The summed E-state index contributed by atoms with van der Waals surface area (Å²) >= 11 is 0. The fraction of sp³-hybridized carbons (Fsp3) is 0.857. The number of hydrogen-bond donors (Lipinski definition) is 1. The van der Waals surface area contributed by atoms with Crippen LogP contribution in [-0.2, 0) is 16.4 Å². The van der Waals surface area contributed by atoms with Crippen molar-refractivity contribution in [2.45, 2.75) is 44.2 Å². The highest BCUT2D eigenvalue weighted by atomic mass is 32.2. The molecule has 1 aromatic rings. The van der Waals surface area contributed by atoms with Crippen molar-refractivity contribution in [3.05, 3.63) is 11.7 Å². The molecule has 0 bridgehead atoms. The van der Waals surface area contributed by atoms with Gasteiger partial charge in [0.2, 0.25) is 5.89 Å². The van der Waals surface area contributed by atoms with Crippen LogP contribution in [0.15, 0.2) is 4.52 Å². The third kappa shape index (κ3) is 4.76. The number of nitrogens with one attached hydrogen (secondary N) is 1. The van der Waals surface area contributed by atoms with Crippen molar-refractivity contribution < 1.29 is 12.9 Å². The molecule has 7 nitrogen and oxygen atoms in total. The summed E-state index contributed by atoms with van der Waals surface area (Å²) in [6.45, 7) is 3.15. The molecule has 1 aliphatic carbocycles. The Hall–Kier alpha value is -0.990. The van der Waals surface area contributed by atoms with Crippen LogP contribution < -0.4 is 5.32 Å². The van der Waals surface area contributed by atoms with Crippen molar-refractivity contribution in [2.24, 2.45) is 0 Å². The summed E-state index contributed by atoms with van der Waals surface area (Å²) in [5, 5.41) is 7.41. The zero-order valence-corrected chi connectivity index (χ0v) is 13.8. The summed E-state index contributed by atoms with van der Waals surface area (Å²) in [4.78, 5) is 6.78. The molecular weight excluding hydrogens is 304 g/mol. The monoisotopic (exact) mass is 328 g/mol. The highest BCUT2D eigenvalue weighted by Gasteiger charge is 2.30. The van der Waals surface area contributed by atoms with Gasteiger partial charge in [0, 0.05) is 31.3 Å².